The number of benzene rings is 1. The number of hydrogen-bond acceptors (Lipinski definition) is 2. The van der Waals surface area contributed by atoms with Crippen LogP contribution in [-0.4, -0.2) is 14.9 Å². The quantitative estimate of drug-likeness (QED) is 0.765. The summed E-state index contributed by atoms with van der Waals surface area (Å²) in [6, 6.07) is 7.82. The molecule has 0 bridgehead atoms. The van der Waals surface area contributed by atoms with Crippen molar-refractivity contribution in [2.24, 2.45) is 0 Å². The molecular weight excluding hydrogens is 407 g/mol. The van der Waals surface area contributed by atoms with Crippen molar-refractivity contribution >= 4 is 38.5 Å². The Morgan fingerprint density at radius 3 is 2.94 bits per heavy atom. The molecule has 0 amide bonds. The fourth-order valence-corrected chi connectivity index (χ4v) is 2.84. The van der Waals surface area contributed by atoms with Gasteiger partial charge < -0.3 is 5.11 Å². The summed E-state index contributed by atoms with van der Waals surface area (Å²) in [4.78, 5) is 0. The summed E-state index contributed by atoms with van der Waals surface area (Å²) < 4.78 is 3.88. The van der Waals surface area contributed by atoms with Crippen LogP contribution in [0.4, 0.5) is 0 Å². The SMILES string of the molecule is CCCn1nccc1C(O)c1cc(I)ccc1Br. The molecule has 0 aliphatic heterocycles. The summed E-state index contributed by atoms with van der Waals surface area (Å²) in [6.07, 6.45) is 2.08. The molecule has 1 unspecified atom stereocenters. The molecule has 0 aliphatic rings. The molecule has 1 heterocycles. The van der Waals surface area contributed by atoms with Crippen LogP contribution in [0.2, 0.25) is 0 Å². The molecule has 1 atom stereocenters. The van der Waals surface area contributed by atoms with Crippen LogP contribution in [0.5, 0.6) is 0 Å². The van der Waals surface area contributed by atoms with E-state index in [9.17, 15) is 5.11 Å². The Bertz CT molecular complexity index is 542. The molecule has 1 aromatic heterocycles. The van der Waals surface area contributed by atoms with Gasteiger partial charge in [0.25, 0.3) is 0 Å². The lowest BCUT2D eigenvalue weighted by Crippen LogP contribution is -2.10. The summed E-state index contributed by atoms with van der Waals surface area (Å²) in [7, 11) is 0. The zero-order valence-corrected chi connectivity index (χ0v) is 13.7. The lowest BCUT2D eigenvalue weighted by molar-refractivity contribution is 0.206. The van der Waals surface area contributed by atoms with E-state index in [-0.39, 0.29) is 0 Å². The van der Waals surface area contributed by atoms with Crippen LogP contribution in [0.25, 0.3) is 0 Å². The van der Waals surface area contributed by atoms with Gasteiger partial charge in [0, 0.05) is 26.3 Å². The van der Waals surface area contributed by atoms with Gasteiger partial charge in [-0.15, -0.1) is 0 Å². The van der Waals surface area contributed by atoms with Gasteiger partial charge in [0.1, 0.15) is 6.10 Å². The Morgan fingerprint density at radius 1 is 1.44 bits per heavy atom. The number of halogens is 2. The fourth-order valence-electron chi connectivity index (χ4n) is 1.86. The maximum Gasteiger partial charge on any atom is 0.122 e. The standard InChI is InChI=1S/C13H14BrIN2O/c1-2-7-17-12(5-6-16-17)13(18)10-8-9(15)3-4-11(10)14/h3-6,8,13,18H,2,7H2,1H3. The van der Waals surface area contributed by atoms with Gasteiger partial charge in [0.15, 0.2) is 0 Å². The molecule has 3 nitrogen and oxygen atoms in total. The first-order valence-electron chi connectivity index (χ1n) is 5.78. The van der Waals surface area contributed by atoms with Crippen LogP contribution in [0.1, 0.15) is 30.7 Å². The van der Waals surface area contributed by atoms with Crippen molar-refractivity contribution in [3.63, 3.8) is 0 Å². The average molecular weight is 421 g/mol. The van der Waals surface area contributed by atoms with Crippen molar-refractivity contribution in [3.05, 3.63) is 49.8 Å². The molecule has 5 heteroatoms. The van der Waals surface area contributed by atoms with Gasteiger partial charge in [-0.05, 0) is 53.3 Å². The molecule has 0 radical (unpaired) electrons. The summed E-state index contributed by atoms with van der Waals surface area (Å²) in [6.45, 7) is 2.92. The number of hydrogen-bond donors (Lipinski definition) is 1. The number of aryl methyl sites for hydroxylation is 1. The highest BCUT2D eigenvalue weighted by Crippen LogP contribution is 2.29. The van der Waals surface area contributed by atoms with Crippen LogP contribution in [0.15, 0.2) is 34.9 Å². The average Bonchev–Trinajstić information content (AvgIpc) is 2.80. The Morgan fingerprint density at radius 2 is 2.22 bits per heavy atom. The minimum Gasteiger partial charge on any atom is -0.382 e. The van der Waals surface area contributed by atoms with Gasteiger partial charge in [-0.25, -0.2) is 0 Å². The zero-order chi connectivity index (χ0) is 13.1. The van der Waals surface area contributed by atoms with E-state index in [4.69, 9.17) is 0 Å². The van der Waals surface area contributed by atoms with Crippen LogP contribution < -0.4 is 0 Å². The van der Waals surface area contributed by atoms with E-state index in [1.165, 1.54) is 0 Å². The predicted octanol–water partition coefficient (Wildman–Crippen LogP) is 3.74. The fraction of sp³-hybridized carbons (Fsp3) is 0.308. The Kier molecular flexibility index (Phi) is 4.80. The lowest BCUT2D eigenvalue weighted by atomic mass is 10.1. The third-order valence-corrected chi connectivity index (χ3v) is 4.11. The van der Waals surface area contributed by atoms with Gasteiger partial charge in [-0.2, -0.15) is 5.10 Å². The molecule has 0 saturated carbocycles. The minimum atomic E-state index is -0.650. The van der Waals surface area contributed by atoms with E-state index in [0.29, 0.717) is 0 Å². The van der Waals surface area contributed by atoms with Crippen molar-refractivity contribution in [1.82, 2.24) is 9.78 Å². The maximum absolute atomic E-state index is 10.5. The molecule has 0 saturated heterocycles. The number of aliphatic hydroxyl groups is 1. The molecule has 1 N–H and O–H groups in total. The number of aliphatic hydroxyl groups excluding tert-OH is 1. The van der Waals surface area contributed by atoms with Gasteiger partial charge in [-0.1, -0.05) is 22.9 Å². The maximum atomic E-state index is 10.5. The Balaban J connectivity index is 2.38. The van der Waals surface area contributed by atoms with E-state index in [1.54, 1.807) is 6.20 Å². The summed E-state index contributed by atoms with van der Waals surface area (Å²) in [5, 5.41) is 14.7. The summed E-state index contributed by atoms with van der Waals surface area (Å²) in [5.41, 5.74) is 1.71. The highest BCUT2D eigenvalue weighted by atomic mass is 127. The van der Waals surface area contributed by atoms with E-state index in [1.807, 2.05) is 28.9 Å². The van der Waals surface area contributed by atoms with Crippen molar-refractivity contribution in [2.45, 2.75) is 26.0 Å². The van der Waals surface area contributed by atoms with Gasteiger partial charge in [0.05, 0.1) is 5.69 Å². The van der Waals surface area contributed by atoms with E-state index < -0.39 is 6.10 Å². The van der Waals surface area contributed by atoms with E-state index in [0.717, 1.165) is 32.3 Å². The molecule has 2 rings (SSSR count). The largest absolute Gasteiger partial charge is 0.382 e. The number of rotatable bonds is 4. The molecule has 0 fully saturated rings. The monoisotopic (exact) mass is 420 g/mol. The third kappa shape index (κ3) is 2.95. The molecule has 2 aromatic rings. The van der Waals surface area contributed by atoms with Gasteiger partial charge in [-0.3, -0.25) is 4.68 Å². The lowest BCUT2D eigenvalue weighted by Gasteiger charge is -2.15. The molecule has 0 spiro atoms. The second kappa shape index (κ2) is 6.16. The van der Waals surface area contributed by atoms with Crippen LogP contribution >= 0.6 is 38.5 Å². The third-order valence-electron chi connectivity index (χ3n) is 2.72. The smallest absolute Gasteiger partial charge is 0.122 e. The van der Waals surface area contributed by atoms with Crippen LogP contribution in [-0.2, 0) is 6.54 Å². The van der Waals surface area contributed by atoms with Crippen LogP contribution in [0.3, 0.4) is 0 Å². The molecule has 96 valence electrons. The first-order valence-corrected chi connectivity index (χ1v) is 7.65. The summed E-state index contributed by atoms with van der Waals surface area (Å²) in [5.74, 6) is 0. The first-order chi connectivity index (χ1) is 8.63. The Hall–Kier alpha value is -0.400. The molecule has 1 aromatic carbocycles. The van der Waals surface area contributed by atoms with Crippen molar-refractivity contribution in [2.75, 3.05) is 0 Å². The van der Waals surface area contributed by atoms with Gasteiger partial charge >= 0.3 is 0 Å². The van der Waals surface area contributed by atoms with Gasteiger partial charge in [0.2, 0.25) is 0 Å². The van der Waals surface area contributed by atoms with Crippen LogP contribution in [0, 0.1) is 3.57 Å². The molecular formula is C13H14BrIN2O. The van der Waals surface area contributed by atoms with E-state index >= 15 is 0 Å². The number of nitrogens with zero attached hydrogens (tertiary/aromatic N) is 2. The molecule has 18 heavy (non-hydrogen) atoms. The minimum absolute atomic E-state index is 0.650. The molecule has 0 aliphatic carbocycles. The second-order valence-electron chi connectivity index (χ2n) is 4.05. The van der Waals surface area contributed by atoms with Crippen molar-refractivity contribution < 1.29 is 5.11 Å². The van der Waals surface area contributed by atoms with Crippen molar-refractivity contribution in [1.29, 1.82) is 0 Å². The number of aromatic nitrogens is 2. The van der Waals surface area contributed by atoms with E-state index in [2.05, 4.69) is 50.5 Å². The first kappa shape index (κ1) is 14.0. The zero-order valence-electron chi connectivity index (χ0n) is 9.98. The highest BCUT2D eigenvalue weighted by molar-refractivity contribution is 14.1. The Labute approximate surface area is 128 Å². The topological polar surface area (TPSA) is 38.0 Å². The highest BCUT2D eigenvalue weighted by Gasteiger charge is 2.17. The van der Waals surface area contributed by atoms with Crippen molar-refractivity contribution in [3.8, 4) is 0 Å². The normalized spacial score (nSPS) is 12.7. The second-order valence-corrected chi connectivity index (χ2v) is 6.15. The summed E-state index contributed by atoms with van der Waals surface area (Å²) >= 11 is 5.73. The predicted molar refractivity (Wildman–Crippen MR) is 83.4 cm³/mol.